The van der Waals surface area contributed by atoms with E-state index in [4.69, 9.17) is 0 Å². The summed E-state index contributed by atoms with van der Waals surface area (Å²) in [5.41, 5.74) is 10.00. The van der Waals surface area contributed by atoms with Crippen molar-refractivity contribution in [1.82, 2.24) is 0 Å². The van der Waals surface area contributed by atoms with Crippen LogP contribution in [0, 0.1) is 5.41 Å². The van der Waals surface area contributed by atoms with Crippen molar-refractivity contribution in [3.63, 3.8) is 0 Å². The predicted molar refractivity (Wildman–Crippen MR) is 165 cm³/mol. The Morgan fingerprint density at radius 1 is 0.737 bits per heavy atom. The fraction of sp³-hybridized carbons (Fsp3) is 0.135. The van der Waals surface area contributed by atoms with Gasteiger partial charge in [-0.2, -0.15) is 0 Å². The van der Waals surface area contributed by atoms with Crippen molar-refractivity contribution >= 4 is 53.4 Å². The van der Waals surface area contributed by atoms with E-state index in [1.54, 1.807) is 0 Å². The molecule has 4 aromatic carbocycles. The highest BCUT2D eigenvalue weighted by molar-refractivity contribution is 7.25. The maximum absolute atomic E-state index is 2.48. The molecule has 5 aromatic rings. The van der Waals surface area contributed by atoms with E-state index < -0.39 is 0 Å². The number of hydrogen-bond acceptors (Lipinski definition) is 1. The monoisotopic (exact) mass is 504 g/mol. The summed E-state index contributed by atoms with van der Waals surface area (Å²) in [5, 5.41) is 5.38. The Morgan fingerprint density at radius 3 is 2.39 bits per heavy atom. The van der Waals surface area contributed by atoms with Crippen LogP contribution in [-0.2, 0) is 0 Å². The van der Waals surface area contributed by atoms with E-state index in [1.807, 2.05) is 11.3 Å². The van der Waals surface area contributed by atoms with E-state index in [-0.39, 0.29) is 5.41 Å². The van der Waals surface area contributed by atoms with Crippen LogP contribution in [0.3, 0.4) is 0 Å². The highest BCUT2D eigenvalue weighted by Crippen LogP contribution is 2.59. The van der Waals surface area contributed by atoms with Gasteiger partial charge >= 0.3 is 0 Å². The van der Waals surface area contributed by atoms with Crippen molar-refractivity contribution in [2.75, 3.05) is 0 Å². The first-order valence-corrected chi connectivity index (χ1v) is 14.5. The maximum atomic E-state index is 2.48. The molecule has 0 nitrogen and oxygen atoms in total. The Morgan fingerprint density at radius 2 is 1.53 bits per heavy atom. The van der Waals surface area contributed by atoms with Crippen LogP contribution in [0.4, 0.5) is 0 Å². The molecule has 3 aliphatic carbocycles. The van der Waals surface area contributed by atoms with Gasteiger partial charge in [0.25, 0.3) is 0 Å². The van der Waals surface area contributed by atoms with Crippen molar-refractivity contribution in [1.29, 1.82) is 0 Å². The number of hydrogen-bond donors (Lipinski definition) is 0. The van der Waals surface area contributed by atoms with Crippen molar-refractivity contribution in [2.45, 2.75) is 26.2 Å². The number of benzene rings is 4. The third-order valence-electron chi connectivity index (χ3n) is 8.77. The predicted octanol–water partition coefficient (Wildman–Crippen LogP) is 10.7. The number of allylic oxidation sites excluding steroid dienone is 10. The molecule has 1 heterocycles. The highest BCUT2D eigenvalue weighted by atomic mass is 32.1. The van der Waals surface area contributed by atoms with Gasteiger partial charge in [-0.15, -0.1) is 11.3 Å². The first-order chi connectivity index (χ1) is 18.7. The summed E-state index contributed by atoms with van der Waals surface area (Å²) in [6.07, 6.45) is 15.0. The third kappa shape index (κ3) is 3.15. The van der Waals surface area contributed by atoms with E-state index in [1.165, 1.54) is 69.9 Å². The van der Waals surface area contributed by atoms with E-state index in [2.05, 4.69) is 122 Å². The molecule has 0 N–H and O–H groups in total. The van der Waals surface area contributed by atoms with Crippen LogP contribution in [0.15, 0.2) is 132 Å². The molecule has 182 valence electrons. The summed E-state index contributed by atoms with van der Waals surface area (Å²) in [7, 11) is 0. The summed E-state index contributed by atoms with van der Waals surface area (Å²) in [4.78, 5) is 0. The highest BCUT2D eigenvalue weighted by Gasteiger charge is 2.42. The van der Waals surface area contributed by atoms with Gasteiger partial charge in [0.05, 0.1) is 0 Å². The number of rotatable bonds is 2. The Hall–Kier alpha value is -3.94. The molecule has 0 fully saturated rings. The molecule has 3 aliphatic rings. The quantitative estimate of drug-likeness (QED) is 0.224. The summed E-state index contributed by atoms with van der Waals surface area (Å²) >= 11 is 1.91. The second kappa shape index (κ2) is 8.28. The van der Waals surface area contributed by atoms with Crippen LogP contribution in [0.25, 0.3) is 42.1 Å². The second-order valence-electron chi connectivity index (χ2n) is 11.0. The van der Waals surface area contributed by atoms with Crippen LogP contribution < -0.4 is 0 Å². The molecular formula is C37H28S. The van der Waals surface area contributed by atoms with Crippen molar-refractivity contribution in [3.05, 3.63) is 143 Å². The van der Waals surface area contributed by atoms with Crippen LogP contribution in [-0.4, -0.2) is 0 Å². The van der Waals surface area contributed by atoms with Crippen molar-refractivity contribution in [3.8, 4) is 0 Å². The lowest BCUT2D eigenvalue weighted by atomic mass is 9.59. The molecule has 0 saturated heterocycles. The largest absolute Gasteiger partial charge is 0.135 e. The lowest BCUT2D eigenvalue weighted by Gasteiger charge is -2.44. The van der Waals surface area contributed by atoms with Gasteiger partial charge in [-0.3, -0.25) is 0 Å². The van der Waals surface area contributed by atoms with Gasteiger partial charge in [0.15, 0.2) is 0 Å². The molecule has 0 amide bonds. The molecule has 1 unspecified atom stereocenters. The van der Waals surface area contributed by atoms with Gasteiger partial charge in [-0.25, -0.2) is 0 Å². The maximum Gasteiger partial charge on any atom is 0.0361 e. The van der Waals surface area contributed by atoms with Gasteiger partial charge in [-0.05, 0) is 93.3 Å². The smallest absolute Gasteiger partial charge is 0.0361 e. The van der Waals surface area contributed by atoms with Gasteiger partial charge in [0, 0.05) is 25.6 Å². The van der Waals surface area contributed by atoms with E-state index >= 15 is 0 Å². The van der Waals surface area contributed by atoms with Crippen LogP contribution in [0.1, 0.15) is 37.3 Å². The molecule has 38 heavy (non-hydrogen) atoms. The standard InChI is InChI=1S/C37H28S/c1-37-20-10-9-17-32(37)35(28-15-7-8-16-29(28)36(37)24-11-3-2-4-12-24)27-18-19-33-30(22-27)31-21-25-13-5-6-14-26(25)23-34(31)38-33/h2-6,8-14,16-19,21-23H,7,15,20H2,1H3. The van der Waals surface area contributed by atoms with Gasteiger partial charge in [0.1, 0.15) is 0 Å². The first-order valence-electron chi connectivity index (χ1n) is 13.6. The minimum absolute atomic E-state index is 0.0617. The van der Waals surface area contributed by atoms with E-state index in [0.29, 0.717) is 0 Å². The van der Waals surface area contributed by atoms with E-state index in [0.717, 1.165) is 19.3 Å². The van der Waals surface area contributed by atoms with Gasteiger partial charge in [0.2, 0.25) is 0 Å². The summed E-state index contributed by atoms with van der Waals surface area (Å²) in [5.74, 6) is 0. The Bertz CT molecular complexity index is 1940. The Labute approximate surface area is 227 Å². The molecular weight excluding hydrogens is 476 g/mol. The lowest BCUT2D eigenvalue weighted by Crippen LogP contribution is -2.29. The molecule has 1 atom stereocenters. The number of fused-ring (bicyclic) bond motifs is 6. The average Bonchev–Trinajstić information content (AvgIpc) is 3.31. The average molecular weight is 505 g/mol. The lowest BCUT2D eigenvalue weighted by molar-refractivity contribution is 0.546. The van der Waals surface area contributed by atoms with Crippen LogP contribution in [0.2, 0.25) is 0 Å². The number of thiophene rings is 1. The zero-order valence-corrected chi connectivity index (χ0v) is 22.3. The molecule has 1 heteroatoms. The first kappa shape index (κ1) is 22.1. The van der Waals surface area contributed by atoms with Crippen molar-refractivity contribution < 1.29 is 0 Å². The fourth-order valence-corrected chi connectivity index (χ4v) is 8.12. The normalized spacial score (nSPS) is 20.8. The SMILES string of the molecule is CC12CC=CC=C1C(c1ccc3sc4cc5ccccc5cc4c3c1)=C1CCC=CC1=C2c1ccccc1. The molecule has 0 radical (unpaired) electrons. The molecule has 8 rings (SSSR count). The van der Waals surface area contributed by atoms with Crippen LogP contribution in [0.5, 0.6) is 0 Å². The topological polar surface area (TPSA) is 0 Å². The minimum Gasteiger partial charge on any atom is -0.135 e. The van der Waals surface area contributed by atoms with Crippen LogP contribution >= 0.6 is 11.3 Å². The van der Waals surface area contributed by atoms with Gasteiger partial charge in [-0.1, -0.05) is 98.0 Å². The zero-order valence-electron chi connectivity index (χ0n) is 21.5. The summed E-state index contributed by atoms with van der Waals surface area (Å²) in [6, 6.07) is 31.8. The fourth-order valence-electron chi connectivity index (χ4n) is 7.00. The molecule has 0 bridgehead atoms. The Balaban J connectivity index is 1.42. The summed E-state index contributed by atoms with van der Waals surface area (Å²) < 4.78 is 2.74. The molecule has 0 aliphatic heterocycles. The molecule has 0 saturated carbocycles. The molecule has 1 aromatic heterocycles. The third-order valence-corrected chi connectivity index (χ3v) is 9.90. The Kier molecular flexibility index (Phi) is 4.81. The zero-order chi connectivity index (χ0) is 25.3. The van der Waals surface area contributed by atoms with Crippen molar-refractivity contribution in [2.24, 2.45) is 5.41 Å². The minimum atomic E-state index is -0.0617. The van der Waals surface area contributed by atoms with E-state index in [9.17, 15) is 0 Å². The van der Waals surface area contributed by atoms with Gasteiger partial charge < -0.3 is 0 Å². The second-order valence-corrected chi connectivity index (χ2v) is 12.1. The molecule has 0 spiro atoms. The summed E-state index contributed by atoms with van der Waals surface area (Å²) in [6.45, 7) is 2.46.